The first-order valence-corrected chi connectivity index (χ1v) is 9.68. The molecule has 0 radical (unpaired) electrons. The molecule has 0 aromatic carbocycles. The fourth-order valence-corrected chi connectivity index (χ4v) is 3.73. The molecule has 7 heteroatoms. The van der Waals surface area contributed by atoms with Crippen molar-refractivity contribution in [3.8, 4) is 11.3 Å². The molecule has 2 atom stereocenters. The van der Waals surface area contributed by atoms with Gasteiger partial charge in [-0.3, -0.25) is 9.78 Å². The summed E-state index contributed by atoms with van der Waals surface area (Å²) in [7, 11) is 0. The monoisotopic (exact) mass is 367 g/mol. The molecule has 7 nitrogen and oxygen atoms in total. The van der Waals surface area contributed by atoms with Crippen LogP contribution in [0, 0.1) is 5.92 Å². The van der Waals surface area contributed by atoms with Crippen molar-refractivity contribution in [2.24, 2.45) is 5.92 Å². The number of nitrogens with zero attached hydrogens (tertiary/aromatic N) is 4. The highest BCUT2D eigenvalue weighted by atomic mass is 16.5. The van der Waals surface area contributed by atoms with Gasteiger partial charge in [-0.05, 0) is 49.9 Å². The summed E-state index contributed by atoms with van der Waals surface area (Å²) in [5.74, 6) is 0.933. The summed E-state index contributed by atoms with van der Waals surface area (Å²) >= 11 is 0. The number of amides is 1. The minimum absolute atomic E-state index is 0.0122. The number of carbonyl (C=O) groups excluding carboxylic acids is 1. The number of ether oxygens (including phenoxy) is 1. The second kappa shape index (κ2) is 8.43. The van der Waals surface area contributed by atoms with Crippen LogP contribution in [0.25, 0.3) is 11.3 Å². The largest absolute Gasteiger partial charge is 0.376 e. The number of aromatic nitrogens is 3. The molecule has 0 spiro atoms. The second-order valence-corrected chi connectivity index (χ2v) is 7.18. The molecule has 1 amide bonds. The normalized spacial score (nSPS) is 22.6. The topological polar surface area (TPSA) is 80.2 Å². The molecule has 4 heterocycles. The molecule has 2 unspecified atom stereocenters. The molecule has 0 bridgehead atoms. The minimum Gasteiger partial charge on any atom is -0.376 e. The number of piperidine rings is 1. The van der Waals surface area contributed by atoms with Crippen LogP contribution in [-0.2, 0) is 9.53 Å². The van der Waals surface area contributed by atoms with Crippen molar-refractivity contribution < 1.29 is 9.53 Å². The molecule has 2 aliphatic heterocycles. The van der Waals surface area contributed by atoms with Gasteiger partial charge in [-0.15, -0.1) is 10.2 Å². The van der Waals surface area contributed by atoms with Crippen molar-refractivity contribution in [3.05, 3.63) is 36.7 Å². The Labute approximate surface area is 159 Å². The van der Waals surface area contributed by atoms with Gasteiger partial charge in [0.25, 0.3) is 0 Å². The van der Waals surface area contributed by atoms with Gasteiger partial charge in [0.2, 0.25) is 5.91 Å². The minimum atomic E-state index is -0.0122. The van der Waals surface area contributed by atoms with Crippen molar-refractivity contribution >= 4 is 11.7 Å². The van der Waals surface area contributed by atoms with Crippen LogP contribution in [0.2, 0.25) is 0 Å². The third kappa shape index (κ3) is 4.42. The Morgan fingerprint density at radius 1 is 1.15 bits per heavy atom. The van der Waals surface area contributed by atoms with Gasteiger partial charge in [-0.2, -0.15) is 0 Å². The van der Waals surface area contributed by atoms with Crippen molar-refractivity contribution in [1.82, 2.24) is 20.5 Å². The Balaban J connectivity index is 1.35. The highest BCUT2D eigenvalue weighted by molar-refractivity contribution is 5.79. The number of nitrogens with one attached hydrogen (secondary N) is 1. The molecule has 1 N–H and O–H groups in total. The third-order valence-electron chi connectivity index (χ3n) is 5.27. The summed E-state index contributed by atoms with van der Waals surface area (Å²) in [4.78, 5) is 18.7. The van der Waals surface area contributed by atoms with Crippen molar-refractivity contribution in [1.29, 1.82) is 0 Å². The Hall–Kier alpha value is -2.54. The van der Waals surface area contributed by atoms with E-state index in [9.17, 15) is 4.79 Å². The molecule has 2 aromatic rings. The van der Waals surface area contributed by atoms with E-state index in [1.165, 1.54) is 0 Å². The fraction of sp³-hybridized carbons (Fsp3) is 0.500. The average Bonchev–Trinajstić information content (AvgIpc) is 3.27. The standard InChI is InChI=1S/C20H25N5O2/c26-20(22-13-17-4-2-12-27-17)16-3-1-11-25(14-16)19-6-5-18(23-24-19)15-7-9-21-10-8-15/h5-10,16-17H,1-4,11-14H2,(H,22,26). The maximum absolute atomic E-state index is 12.5. The Morgan fingerprint density at radius 3 is 2.78 bits per heavy atom. The zero-order valence-electron chi connectivity index (χ0n) is 15.4. The first-order valence-electron chi connectivity index (χ1n) is 9.68. The van der Waals surface area contributed by atoms with Crippen molar-refractivity contribution in [2.75, 3.05) is 31.1 Å². The lowest BCUT2D eigenvalue weighted by Crippen LogP contribution is -2.45. The first-order chi connectivity index (χ1) is 13.3. The fourth-order valence-electron chi connectivity index (χ4n) is 3.73. The van der Waals surface area contributed by atoms with Crippen LogP contribution in [0.15, 0.2) is 36.7 Å². The van der Waals surface area contributed by atoms with Gasteiger partial charge < -0.3 is 15.0 Å². The predicted octanol–water partition coefficient (Wildman–Crippen LogP) is 2.05. The molecular formula is C20H25N5O2. The van der Waals surface area contributed by atoms with Crippen LogP contribution in [-0.4, -0.2) is 53.4 Å². The van der Waals surface area contributed by atoms with E-state index in [-0.39, 0.29) is 17.9 Å². The lowest BCUT2D eigenvalue weighted by Gasteiger charge is -2.32. The molecule has 4 rings (SSSR count). The maximum atomic E-state index is 12.5. The van der Waals surface area contributed by atoms with Crippen molar-refractivity contribution in [3.63, 3.8) is 0 Å². The first kappa shape index (κ1) is 17.9. The van der Waals surface area contributed by atoms with Crippen LogP contribution < -0.4 is 10.2 Å². The molecule has 2 aromatic heterocycles. The quantitative estimate of drug-likeness (QED) is 0.871. The zero-order valence-corrected chi connectivity index (χ0v) is 15.4. The van der Waals surface area contributed by atoms with Crippen LogP contribution in [0.4, 0.5) is 5.82 Å². The Morgan fingerprint density at radius 2 is 2.04 bits per heavy atom. The number of rotatable bonds is 5. The van der Waals surface area contributed by atoms with E-state index in [1.807, 2.05) is 24.3 Å². The van der Waals surface area contributed by atoms with Crippen LogP contribution >= 0.6 is 0 Å². The summed E-state index contributed by atoms with van der Waals surface area (Å²) in [5.41, 5.74) is 1.82. The molecule has 27 heavy (non-hydrogen) atoms. The van der Waals surface area contributed by atoms with Gasteiger partial charge in [0.05, 0.1) is 17.7 Å². The van der Waals surface area contributed by atoms with E-state index in [0.717, 1.165) is 55.9 Å². The molecule has 2 aliphatic rings. The number of hydrogen-bond acceptors (Lipinski definition) is 6. The molecule has 0 saturated carbocycles. The van der Waals surface area contributed by atoms with Crippen molar-refractivity contribution in [2.45, 2.75) is 31.8 Å². The second-order valence-electron chi connectivity index (χ2n) is 7.18. The smallest absolute Gasteiger partial charge is 0.224 e. The SMILES string of the molecule is O=C(NCC1CCCO1)C1CCCN(c2ccc(-c3ccncc3)nn2)C1. The molecule has 2 fully saturated rings. The number of pyridine rings is 1. The lowest BCUT2D eigenvalue weighted by atomic mass is 9.97. The van der Waals surface area contributed by atoms with Gasteiger partial charge in [0.1, 0.15) is 0 Å². The van der Waals surface area contributed by atoms with Gasteiger partial charge in [-0.1, -0.05) is 0 Å². The molecule has 2 saturated heterocycles. The van der Waals surface area contributed by atoms with E-state index < -0.39 is 0 Å². The van der Waals surface area contributed by atoms with E-state index >= 15 is 0 Å². The summed E-state index contributed by atoms with van der Waals surface area (Å²) in [6, 6.07) is 7.78. The van der Waals surface area contributed by atoms with Gasteiger partial charge >= 0.3 is 0 Å². The third-order valence-corrected chi connectivity index (χ3v) is 5.27. The van der Waals surface area contributed by atoms with E-state index in [4.69, 9.17) is 4.74 Å². The van der Waals surface area contributed by atoms with Crippen LogP contribution in [0.3, 0.4) is 0 Å². The summed E-state index contributed by atoms with van der Waals surface area (Å²) in [6.07, 6.45) is 7.69. The van der Waals surface area contributed by atoms with E-state index in [2.05, 4.69) is 25.4 Å². The van der Waals surface area contributed by atoms with Crippen LogP contribution in [0.5, 0.6) is 0 Å². The Kier molecular flexibility index (Phi) is 5.58. The highest BCUT2D eigenvalue weighted by Gasteiger charge is 2.27. The summed E-state index contributed by atoms with van der Waals surface area (Å²) < 4.78 is 5.58. The van der Waals surface area contributed by atoms with Gasteiger partial charge in [0.15, 0.2) is 5.82 Å². The number of hydrogen-bond donors (Lipinski definition) is 1. The lowest BCUT2D eigenvalue weighted by molar-refractivity contribution is -0.125. The molecule has 0 aliphatic carbocycles. The van der Waals surface area contributed by atoms with E-state index in [0.29, 0.717) is 13.1 Å². The predicted molar refractivity (Wildman–Crippen MR) is 102 cm³/mol. The number of anilines is 1. The van der Waals surface area contributed by atoms with E-state index in [1.54, 1.807) is 12.4 Å². The maximum Gasteiger partial charge on any atom is 0.224 e. The van der Waals surface area contributed by atoms with Gasteiger partial charge in [0, 0.05) is 44.2 Å². The summed E-state index contributed by atoms with van der Waals surface area (Å²) in [5, 5.41) is 11.8. The Bertz CT molecular complexity index is 747. The van der Waals surface area contributed by atoms with Crippen LogP contribution in [0.1, 0.15) is 25.7 Å². The summed E-state index contributed by atoms with van der Waals surface area (Å²) in [6.45, 7) is 3.01. The molecule has 142 valence electrons. The average molecular weight is 367 g/mol. The molecular weight excluding hydrogens is 342 g/mol. The van der Waals surface area contributed by atoms with Gasteiger partial charge in [-0.25, -0.2) is 0 Å². The highest BCUT2D eigenvalue weighted by Crippen LogP contribution is 2.23. The zero-order chi connectivity index (χ0) is 18.5. The number of carbonyl (C=O) groups is 1.